The highest BCUT2D eigenvalue weighted by atomic mass is 32.2. The van der Waals surface area contributed by atoms with Crippen LogP contribution in [0.15, 0.2) is 53.4 Å². The van der Waals surface area contributed by atoms with Gasteiger partial charge in [0.25, 0.3) is 5.91 Å². The normalized spacial score (nSPS) is 11.4. The molecule has 0 fully saturated rings. The Kier molecular flexibility index (Phi) is 6.19. The molecule has 0 aromatic heterocycles. The Morgan fingerprint density at radius 2 is 1.64 bits per heavy atom. The van der Waals surface area contributed by atoms with Crippen molar-refractivity contribution in [2.75, 3.05) is 7.11 Å². The molecule has 0 bridgehead atoms. The minimum atomic E-state index is -0.810. The molecule has 25 heavy (non-hydrogen) atoms. The van der Waals surface area contributed by atoms with E-state index in [2.05, 4.69) is 5.32 Å². The smallest absolute Gasteiger partial charge is 0.253 e. The van der Waals surface area contributed by atoms with Crippen LogP contribution < -0.4 is 15.8 Å². The van der Waals surface area contributed by atoms with E-state index in [4.69, 9.17) is 10.5 Å². The van der Waals surface area contributed by atoms with E-state index in [1.165, 1.54) is 14.0 Å². The number of nitrogens with one attached hydrogen (secondary N) is 1. The molecular formula is C18H18N2O4S. The predicted molar refractivity (Wildman–Crippen MR) is 95.7 cm³/mol. The first-order chi connectivity index (χ1) is 11.9. The first-order valence-electron chi connectivity index (χ1n) is 7.48. The first kappa shape index (κ1) is 18.5. The summed E-state index contributed by atoms with van der Waals surface area (Å²) in [6.45, 7) is 1.50. The zero-order valence-electron chi connectivity index (χ0n) is 13.8. The molecule has 6 nitrogen and oxygen atoms in total. The molecule has 2 aromatic rings. The number of thioether (sulfide) groups is 1. The SMILES string of the molecule is COc1ccccc1C(=O)Sc1ccccc1C(=O)N[C@@H](C)C(N)=O. The molecule has 2 aromatic carbocycles. The highest BCUT2D eigenvalue weighted by molar-refractivity contribution is 8.14. The van der Waals surface area contributed by atoms with Gasteiger partial charge in [-0.1, -0.05) is 24.3 Å². The van der Waals surface area contributed by atoms with Gasteiger partial charge in [-0.15, -0.1) is 0 Å². The summed E-state index contributed by atoms with van der Waals surface area (Å²) in [7, 11) is 1.49. The van der Waals surface area contributed by atoms with Crippen molar-refractivity contribution in [1.29, 1.82) is 0 Å². The summed E-state index contributed by atoms with van der Waals surface area (Å²) in [5.74, 6) is -0.643. The van der Waals surface area contributed by atoms with Gasteiger partial charge >= 0.3 is 0 Å². The molecule has 7 heteroatoms. The number of rotatable bonds is 6. The van der Waals surface area contributed by atoms with E-state index in [1.807, 2.05) is 0 Å². The Balaban J connectivity index is 2.24. The fourth-order valence-corrected chi connectivity index (χ4v) is 2.95. The van der Waals surface area contributed by atoms with Crippen molar-refractivity contribution < 1.29 is 19.1 Å². The summed E-state index contributed by atoms with van der Waals surface area (Å²) in [6.07, 6.45) is 0. The van der Waals surface area contributed by atoms with E-state index < -0.39 is 17.9 Å². The summed E-state index contributed by atoms with van der Waals surface area (Å²) in [5, 5.41) is 2.26. The Hall–Kier alpha value is -2.80. The molecule has 0 saturated carbocycles. The summed E-state index contributed by atoms with van der Waals surface area (Å²) < 4.78 is 5.20. The highest BCUT2D eigenvalue weighted by Gasteiger charge is 2.20. The summed E-state index contributed by atoms with van der Waals surface area (Å²) in [6, 6.07) is 12.7. The number of amides is 2. The lowest BCUT2D eigenvalue weighted by atomic mass is 10.2. The van der Waals surface area contributed by atoms with Gasteiger partial charge in [0.05, 0.1) is 18.2 Å². The molecule has 0 saturated heterocycles. The molecule has 0 aliphatic rings. The van der Waals surface area contributed by atoms with Gasteiger partial charge in [0, 0.05) is 4.90 Å². The second-order valence-corrected chi connectivity index (χ2v) is 6.20. The molecule has 0 aliphatic heterocycles. The van der Waals surface area contributed by atoms with Gasteiger partial charge in [-0.3, -0.25) is 14.4 Å². The van der Waals surface area contributed by atoms with Crippen LogP contribution in [0.4, 0.5) is 0 Å². The summed E-state index contributed by atoms with van der Waals surface area (Å²) in [4.78, 5) is 36.5. The van der Waals surface area contributed by atoms with Crippen molar-refractivity contribution in [3.05, 3.63) is 59.7 Å². The highest BCUT2D eigenvalue weighted by Crippen LogP contribution is 2.30. The lowest BCUT2D eigenvalue weighted by molar-refractivity contribution is -0.119. The third-order valence-corrected chi connectivity index (χ3v) is 4.42. The van der Waals surface area contributed by atoms with E-state index in [9.17, 15) is 14.4 Å². The van der Waals surface area contributed by atoms with Crippen LogP contribution >= 0.6 is 11.8 Å². The van der Waals surface area contributed by atoms with E-state index in [0.717, 1.165) is 11.8 Å². The maximum Gasteiger partial charge on any atom is 0.253 e. The van der Waals surface area contributed by atoms with Gasteiger partial charge in [-0.05, 0) is 43.0 Å². The summed E-state index contributed by atoms with van der Waals surface area (Å²) >= 11 is 0.921. The molecule has 0 aliphatic carbocycles. The number of ether oxygens (including phenoxy) is 1. The fourth-order valence-electron chi connectivity index (χ4n) is 2.06. The van der Waals surface area contributed by atoms with Crippen LogP contribution in [-0.4, -0.2) is 30.1 Å². The number of para-hydroxylation sites is 1. The summed E-state index contributed by atoms with van der Waals surface area (Å²) in [5.41, 5.74) is 5.87. The molecule has 130 valence electrons. The quantitative estimate of drug-likeness (QED) is 0.772. The van der Waals surface area contributed by atoms with Gasteiger partial charge < -0.3 is 15.8 Å². The molecule has 0 heterocycles. The van der Waals surface area contributed by atoms with Crippen LogP contribution in [0.3, 0.4) is 0 Å². The maximum atomic E-state index is 12.6. The van der Waals surface area contributed by atoms with Crippen LogP contribution in [0.25, 0.3) is 0 Å². The first-order valence-corrected chi connectivity index (χ1v) is 8.30. The van der Waals surface area contributed by atoms with Gasteiger partial charge in [-0.2, -0.15) is 0 Å². The topological polar surface area (TPSA) is 98.5 Å². The van der Waals surface area contributed by atoms with Crippen molar-refractivity contribution >= 4 is 28.7 Å². The molecule has 2 amide bonds. The van der Waals surface area contributed by atoms with E-state index in [-0.39, 0.29) is 5.12 Å². The van der Waals surface area contributed by atoms with Crippen molar-refractivity contribution in [1.82, 2.24) is 5.32 Å². The van der Waals surface area contributed by atoms with Crippen LogP contribution in [0.1, 0.15) is 27.6 Å². The average molecular weight is 358 g/mol. The van der Waals surface area contributed by atoms with Gasteiger partial charge in [0.15, 0.2) is 0 Å². The maximum absolute atomic E-state index is 12.6. The largest absolute Gasteiger partial charge is 0.496 e. The number of hydrogen-bond acceptors (Lipinski definition) is 5. The fraction of sp³-hybridized carbons (Fsp3) is 0.167. The predicted octanol–water partition coefficient (Wildman–Crippen LogP) is 2.23. The number of carbonyl (C=O) groups is 3. The van der Waals surface area contributed by atoms with Crippen molar-refractivity contribution in [3.63, 3.8) is 0 Å². The van der Waals surface area contributed by atoms with E-state index >= 15 is 0 Å². The van der Waals surface area contributed by atoms with Crippen molar-refractivity contribution in [2.45, 2.75) is 17.9 Å². The molecular weight excluding hydrogens is 340 g/mol. The van der Waals surface area contributed by atoms with E-state index in [0.29, 0.717) is 21.8 Å². The third kappa shape index (κ3) is 4.60. The second kappa shape index (κ2) is 8.34. The molecule has 3 N–H and O–H groups in total. The van der Waals surface area contributed by atoms with Crippen molar-refractivity contribution in [2.24, 2.45) is 5.73 Å². The van der Waals surface area contributed by atoms with Crippen LogP contribution in [0, 0.1) is 0 Å². The van der Waals surface area contributed by atoms with Gasteiger partial charge in [0.1, 0.15) is 11.8 Å². The standard InChI is InChI=1S/C18H18N2O4S/c1-11(16(19)21)20-17(22)13-8-4-6-10-15(13)25-18(23)12-7-3-5-9-14(12)24-2/h3-11H,1-2H3,(H2,19,21)(H,20,22)/t11-/m0/s1. The Morgan fingerprint density at radius 3 is 2.28 bits per heavy atom. The van der Waals surface area contributed by atoms with Crippen LogP contribution in [0.5, 0.6) is 5.75 Å². The molecule has 0 radical (unpaired) electrons. The lowest BCUT2D eigenvalue weighted by Crippen LogP contribution is -2.42. The third-order valence-electron chi connectivity index (χ3n) is 3.44. The number of methoxy groups -OCH3 is 1. The minimum absolute atomic E-state index is 0.249. The Bertz CT molecular complexity index is 807. The molecule has 0 spiro atoms. The van der Waals surface area contributed by atoms with Crippen LogP contribution in [-0.2, 0) is 4.79 Å². The number of carbonyl (C=O) groups excluding carboxylic acids is 3. The van der Waals surface area contributed by atoms with Crippen molar-refractivity contribution in [3.8, 4) is 5.75 Å². The van der Waals surface area contributed by atoms with Gasteiger partial charge in [-0.25, -0.2) is 0 Å². The monoisotopic (exact) mass is 358 g/mol. The zero-order chi connectivity index (χ0) is 18.4. The van der Waals surface area contributed by atoms with Crippen LogP contribution in [0.2, 0.25) is 0 Å². The Morgan fingerprint density at radius 1 is 1.04 bits per heavy atom. The molecule has 2 rings (SSSR count). The second-order valence-electron chi connectivity index (χ2n) is 5.18. The minimum Gasteiger partial charge on any atom is -0.496 e. The zero-order valence-corrected chi connectivity index (χ0v) is 14.6. The number of nitrogens with two attached hydrogens (primary N) is 1. The van der Waals surface area contributed by atoms with Gasteiger partial charge in [0.2, 0.25) is 11.0 Å². The molecule has 0 unspecified atom stereocenters. The number of primary amides is 1. The Labute approximate surface area is 149 Å². The lowest BCUT2D eigenvalue weighted by Gasteiger charge is -2.13. The molecule has 1 atom stereocenters. The number of hydrogen-bond donors (Lipinski definition) is 2. The average Bonchev–Trinajstić information content (AvgIpc) is 2.61. The number of benzene rings is 2. The van der Waals surface area contributed by atoms with E-state index in [1.54, 1.807) is 48.5 Å².